The van der Waals surface area contributed by atoms with E-state index in [0.717, 1.165) is 44.7 Å². The molecule has 1 aliphatic carbocycles. The van der Waals surface area contributed by atoms with Crippen molar-refractivity contribution in [3.8, 4) is 0 Å². The molecule has 21 heavy (non-hydrogen) atoms. The summed E-state index contributed by atoms with van der Waals surface area (Å²) in [5.74, 6) is 1.66. The molecule has 1 aliphatic heterocycles. The maximum absolute atomic E-state index is 12.7. The molecule has 2 fully saturated rings. The summed E-state index contributed by atoms with van der Waals surface area (Å²) in [4.78, 5) is 14.8. The molecule has 0 aromatic rings. The Morgan fingerprint density at radius 3 is 2.33 bits per heavy atom. The number of carbonyl (C=O) groups is 1. The van der Waals surface area contributed by atoms with Gasteiger partial charge >= 0.3 is 0 Å². The second-order valence-corrected chi connectivity index (χ2v) is 7.50. The number of rotatable bonds is 5. The molecule has 0 aromatic carbocycles. The van der Waals surface area contributed by atoms with E-state index in [1.165, 1.54) is 32.1 Å². The second kappa shape index (κ2) is 7.62. The number of unbranched alkanes of at least 4 members (excludes halogenated alkanes) is 1. The van der Waals surface area contributed by atoms with E-state index in [2.05, 4.69) is 24.1 Å². The summed E-state index contributed by atoms with van der Waals surface area (Å²) in [6.07, 6.45) is 11.0. The van der Waals surface area contributed by atoms with Crippen LogP contribution in [0.25, 0.3) is 0 Å². The Morgan fingerprint density at radius 2 is 1.81 bits per heavy atom. The van der Waals surface area contributed by atoms with Crippen molar-refractivity contribution >= 4 is 5.91 Å². The quantitative estimate of drug-likeness (QED) is 0.840. The third-order valence-corrected chi connectivity index (χ3v) is 5.94. The lowest BCUT2D eigenvalue weighted by molar-refractivity contribution is -0.138. The fourth-order valence-electron chi connectivity index (χ4n) is 3.92. The van der Waals surface area contributed by atoms with Crippen LogP contribution in [0.5, 0.6) is 0 Å². The van der Waals surface area contributed by atoms with Gasteiger partial charge in [-0.05, 0) is 58.4 Å². The number of nitrogens with zero attached hydrogens (tertiary/aromatic N) is 1. The molecule has 1 heterocycles. The van der Waals surface area contributed by atoms with Gasteiger partial charge in [0.2, 0.25) is 5.91 Å². The van der Waals surface area contributed by atoms with E-state index in [9.17, 15) is 4.79 Å². The lowest BCUT2D eigenvalue weighted by atomic mass is 9.79. The molecule has 0 atom stereocenters. The predicted molar refractivity (Wildman–Crippen MR) is 88.3 cm³/mol. The SMILES string of the molecule is CCCCC1CCC(C(=O)N2CCC(C)(NC)CC2)CC1. The molecule has 3 nitrogen and oxygen atoms in total. The van der Waals surface area contributed by atoms with Crippen LogP contribution in [0.3, 0.4) is 0 Å². The van der Waals surface area contributed by atoms with Gasteiger partial charge in [0.05, 0.1) is 0 Å². The number of piperidine rings is 1. The van der Waals surface area contributed by atoms with Crippen LogP contribution in [-0.2, 0) is 4.79 Å². The Labute approximate surface area is 130 Å². The zero-order chi connectivity index (χ0) is 15.3. The molecule has 0 spiro atoms. The highest BCUT2D eigenvalue weighted by atomic mass is 16.2. The van der Waals surface area contributed by atoms with Crippen molar-refractivity contribution in [2.45, 2.75) is 77.2 Å². The highest BCUT2D eigenvalue weighted by Gasteiger charge is 2.34. The van der Waals surface area contributed by atoms with Crippen LogP contribution in [0.4, 0.5) is 0 Å². The maximum atomic E-state index is 12.7. The van der Waals surface area contributed by atoms with Crippen LogP contribution < -0.4 is 5.32 Å². The maximum Gasteiger partial charge on any atom is 0.225 e. The van der Waals surface area contributed by atoms with Gasteiger partial charge in [0, 0.05) is 24.5 Å². The van der Waals surface area contributed by atoms with E-state index in [1.54, 1.807) is 0 Å². The van der Waals surface area contributed by atoms with Crippen LogP contribution in [0.1, 0.15) is 71.6 Å². The van der Waals surface area contributed by atoms with Crippen molar-refractivity contribution < 1.29 is 4.79 Å². The largest absolute Gasteiger partial charge is 0.342 e. The number of hydrogen-bond donors (Lipinski definition) is 1. The first-order chi connectivity index (χ1) is 10.1. The van der Waals surface area contributed by atoms with Crippen molar-refractivity contribution in [1.29, 1.82) is 0 Å². The molecule has 0 aromatic heterocycles. The van der Waals surface area contributed by atoms with Crippen molar-refractivity contribution in [3.63, 3.8) is 0 Å². The number of carbonyl (C=O) groups excluding carboxylic acids is 1. The monoisotopic (exact) mass is 294 g/mol. The van der Waals surface area contributed by atoms with Gasteiger partial charge in [-0.3, -0.25) is 4.79 Å². The van der Waals surface area contributed by atoms with Gasteiger partial charge in [-0.15, -0.1) is 0 Å². The number of nitrogens with one attached hydrogen (secondary N) is 1. The number of likely N-dealkylation sites (tertiary alicyclic amines) is 1. The summed E-state index contributed by atoms with van der Waals surface area (Å²) in [6, 6.07) is 0. The zero-order valence-corrected chi connectivity index (χ0v) is 14.3. The van der Waals surface area contributed by atoms with Crippen LogP contribution in [-0.4, -0.2) is 36.5 Å². The van der Waals surface area contributed by atoms with Crippen molar-refractivity contribution in [3.05, 3.63) is 0 Å². The summed E-state index contributed by atoms with van der Waals surface area (Å²) < 4.78 is 0. The predicted octanol–water partition coefficient (Wildman–Crippen LogP) is 3.58. The van der Waals surface area contributed by atoms with Gasteiger partial charge in [0.15, 0.2) is 0 Å². The smallest absolute Gasteiger partial charge is 0.225 e. The zero-order valence-electron chi connectivity index (χ0n) is 14.3. The second-order valence-electron chi connectivity index (χ2n) is 7.50. The van der Waals surface area contributed by atoms with E-state index in [0.29, 0.717) is 11.8 Å². The van der Waals surface area contributed by atoms with E-state index >= 15 is 0 Å². The summed E-state index contributed by atoms with van der Waals surface area (Å²) >= 11 is 0. The standard InChI is InChI=1S/C18H34N2O/c1-4-5-6-15-7-9-16(10-8-15)17(21)20-13-11-18(2,19-3)12-14-20/h15-16,19H,4-14H2,1-3H3. The molecule has 2 rings (SSSR count). The molecule has 1 amide bonds. The van der Waals surface area contributed by atoms with Crippen molar-refractivity contribution in [1.82, 2.24) is 10.2 Å². The average molecular weight is 294 g/mol. The van der Waals surface area contributed by atoms with E-state index in [4.69, 9.17) is 0 Å². The van der Waals surface area contributed by atoms with Crippen molar-refractivity contribution in [2.75, 3.05) is 20.1 Å². The normalized spacial score (nSPS) is 29.4. The van der Waals surface area contributed by atoms with Gasteiger partial charge < -0.3 is 10.2 Å². The molecular weight excluding hydrogens is 260 g/mol. The third kappa shape index (κ3) is 4.45. The minimum absolute atomic E-state index is 0.231. The first kappa shape index (κ1) is 16.8. The van der Waals surface area contributed by atoms with Gasteiger partial charge in [-0.2, -0.15) is 0 Å². The number of amides is 1. The Balaban J connectivity index is 1.75. The third-order valence-electron chi connectivity index (χ3n) is 5.94. The van der Waals surface area contributed by atoms with Gasteiger partial charge in [0.1, 0.15) is 0 Å². The molecule has 1 N–H and O–H groups in total. The Morgan fingerprint density at radius 1 is 1.19 bits per heavy atom. The van der Waals surface area contributed by atoms with Gasteiger partial charge in [-0.1, -0.05) is 26.2 Å². The molecule has 1 saturated carbocycles. The first-order valence-electron chi connectivity index (χ1n) is 9.05. The first-order valence-corrected chi connectivity index (χ1v) is 9.05. The molecule has 0 unspecified atom stereocenters. The van der Waals surface area contributed by atoms with Crippen LogP contribution in [0.2, 0.25) is 0 Å². The highest BCUT2D eigenvalue weighted by molar-refractivity contribution is 5.79. The lowest BCUT2D eigenvalue weighted by Crippen LogP contribution is -2.52. The molecule has 122 valence electrons. The van der Waals surface area contributed by atoms with E-state index in [-0.39, 0.29) is 5.54 Å². The van der Waals surface area contributed by atoms with Gasteiger partial charge in [0.25, 0.3) is 0 Å². The fraction of sp³-hybridized carbons (Fsp3) is 0.944. The molecule has 0 radical (unpaired) electrons. The topological polar surface area (TPSA) is 32.3 Å². The minimum Gasteiger partial charge on any atom is -0.342 e. The summed E-state index contributed by atoms with van der Waals surface area (Å²) in [6.45, 7) is 6.41. The molecule has 3 heteroatoms. The molecular formula is C18H34N2O. The number of hydrogen-bond acceptors (Lipinski definition) is 2. The van der Waals surface area contributed by atoms with Crippen LogP contribution in [0.15, 0.2) is 0 Å². The van der Waals surface area contributed by atoms with Gasteiger partial charge in [-0.25, -0.2) is 0 Å². The summed E-state index contributed by atoms with van der Waals surface area (Å²) in [5.41, 5.74) is 0.231. The summed E-state index contributed by atoms with van der Waals surface area (Å²) in [7, 11) is 2.04. The minimum atomic E-state index is 0.231. The van der Waals surface area contributed by atoms with Crippen LogP contribution >= 0.6 is 0 Å². The van der Waals surface area contributed by atoms with E-state index in [1.807, 2.05) is 7.05 Å². The molecule has 1 saturated heterocycles. The highest BCUT2D eigenvalue weighted by Crippen LogP contribution is 2.33. The van der Waals surface area contributed by atoms with Crippen molar-refractivity contribution in [2.24, 2.45) is 11.8 Å². The summed E-state index contributed by atoms with van der Waals surface area (Å²) in [5, 5.41) is 3.41. The van der Waals surface area contributed by atoms with E-state index < -0.39 is 0 Å². The fourth-order valence-corrected chi connectivity index (χ4v) is 3.92. The lowest BCUT2D eigenvalue weighted by Gasteiger charge is -2.41. The Kier molecular flexibility index (Phi) is 6.09. The Bertz CT molecular complexity index is 326. The Hall–Kier alpha value is -0.570. The van der Waals surface area contributed by atoms with Crippen LogP contribution in [0, 0.1) is 11.8 Å². The molecule has 2 aliphatic rings. The average Bonchev–Trinajstić information content (AvgIpc) is 2.53. The molecule has 0 bridgehead atoms.